The van der Waals surface area contributed by atoms with Crippen molar-refractivity contribution in [1.82, 2.24) is 0 Å². The number of thiophene rings is 1. The number of isocyanates is 1. The second kappa shape index (κ2) is 3.21. The number of aliphatic imine (C=N–C) groups is 1. The average Bonchev–Trinajstić information content (AvgIpc) is 2.36. The van der Waals surface area contributed by atoms with Crippen LogP contribution in [0.3, 0.4) is 0 Å². The van der Waals surface area contributed by atoms with Gasteiger partial charge in [0.2, 0.25) is 6.08 Å². The topological polar surface area (TPSA) is 29.4 Å². The van der Waals surface area contributed by atoms with Crippen molar-refractivity contribution >= 4 is 17.4 Å². The number of rotatable bonds is 2. The Hall–Kier alpha value is -0.920. The van der Waals surface area contributed by atoms with Crippen molar-refractivity contribution in [3.8, 4) is 0 Å². The number of aryl methyl sites for hydroxylation is 1. The van der Waals surface area contributed by atoms with Crippen LogP contribution < -0.4 is 0 Å². The molecule has 0 bridgehead atoms. The van der Waals surface area contributed by atoms with E-state index in [2.05, 4.69) is 4.99 Å². The molecule has 0 spiro atoms. The lowest BCUT2D eigenvalue weighted by Crippen LogP contribution is -2.10. The molecule has 0 fully saturated rings. The first kappa shape index (κ1) is 9.17. The van der Waals surface area contributed by atoms with Crippen LogP contribution in [0.4, 0.5) is 0 Å². The quantitative estimate of drug-likeness (QED) is 0.509. The van der Waals surface area contributed by atoms with Gasteiger partial charge in [0.05, 0.1) is 0 Å². The van der Waals surface area contributed by atoms with Crippen molar-refractivity contribution in [2.75, 3.05) is 0 Å². The zero-order chi connectivity index (χ0) is 9.19. The molecule has 0 radical (unpaired) electrons. The summed E-state index contributed by atoms with van der Waals surface area (Å²) in [5, 5.41) is 0. The molecule has 0 aliphatic heterocycles. The predicted octanol–water partition coefficient (Wildman–Crippen LogP) is 2.63. The molecule has 64 valence electrons. The predicted molar refractivity (Wildman–Crippen MR) is 50.2 cm³/mol. The second-order valence-electron chi connectivity index (χ2n) is 3.17. The molecule has 1 aromatic rings. The highest BCUT2D eigenvalue weighted by Crippen LogP contribution is 2.30. The lowest BCUT2D eigenvalue weighted by atomic mass is 10.1. The van der Waals surface area contributed by atoms with E-state index in [9.17, 15) is 4.79 Å². The molecule has 0 amide bonds. The zero-order valence-electron chi connectivity index (χ0n) is 7.42. The van der Waals surface area contributed by atoms with E-state index in [4.69, 9.17) is 0 Å². The molecule has 0 aliphatic carbocycles. The minimum atomic E-state index is -0.416. The third kappa shape index (κ3) is 1.81. The first-order valence-corrected chi connectivity index (χ1v) is 4.54. The summed E-state index contributed by atoms with van der Waals surface area (Å²) in [5.41, 5.74) is -0.416. The van der Waals surface area contributed by atoms with Gasteiger partial charge in [0.1, 0.15) is 5.54 Å². The molecular formula is C9H11NOS. The van der Waals surface area contributed by atoms with Gasteiger partial charge >= 0.3 is 0 Å². The van der Waals surface area contributed by atoms with Crippen LogP contribution in [0, 0.1) is 6.92 Å². The monoisotopic (exact) mass is 181 g/mol. The number of hydrogen-bond acceptors (Lipinski definition) is 3. The Labute approximate surface area is 76.0 Å². The molecule has 3 heteroatoms. The van der Waals surface area contributed by atoms with Gasteiger partial charge in [-0.3, -0.25) is 0 Å². The van der Waals surface area contributed by atoms with Gasteiger partial charge < -0.3 is 0 Å². The van der Waals surface area contributed by atoms with Crippen LogP contribution >= 0.6 is 11.3 Å². The first-order chi connectivity index (χ1) is 5.56. The van der Waals surface area contributed by atoms with Crippen molar-refractivity contribution in [1.29, 1.82) is 0 Å². The maximum atomic E-state index is 10.1. The summed E-state index contributed by atoms with van der Waals surface area (Å²) in [7, 11) is 0. The fraction of sp³-hybridized carbons (Fsp3) is 0.444. The summed E-state index contributed by atoms with van der Waals surface area (Å²) < 4.78 is 0. The van der Waals surface area contributed by atoms with Crippen LogP contribution in [0.1, 0.15) is 23.6 Å². The largest absolute Gasteiger partial charge is 0.235 e. The number of hydrogen-bond donors (Lipinski definition) is 0. The molecule has 1 heterocycles. The Morgan fingerprint density at radius 3 is 2.58 bits per heavy atom. The molecule has 1 rings (SSSR count). The van der Waals surface area contributed by atoms with E-state index in [1.807, 2.05) is 32.9 Å². The van der Waals surface area contributed by atoms with Crippen LogP contribution in [-0.4, -0.2) is 6.08 Å². The molecule has 2 nitrogen and oxygen atoms in total. The highest BCUT2D eigenvalue weighted by atomic mass is 32.1. The summed E-state index contributed by atoms with van der Waals surface area (Å²) in [4.78, 5) is 16.2. The third-order valence-electron chi connectivity index (χ3n) is 1.67. The summed E-state index contributed by atoms with van der Waals surface area (Å²) in [6.45, 7) is 5.85. The highest BCUT2D eigenvalue weighted by molar-refractivity contribution is 7.12. The molecule has 0 aliphatic rings. The van der Waals surface area contributed by atoms with E-state index in [-0.39, 0.29) is 0 Å². The molecule has 0 saturated carbocycles. The smallest absolute Gasteiger partial charge is 0.211 e. The van der Waals surface area contributed by atoms with Gasteiger partial charge in [0.15, 0.2) is 0 Å². The second-order valence-corrected chi connectivity index (χ2v) is 4.46. The van der Waals surface area contributed by atoms with Crippen LogP contribution in [0.5, 0.6) is 0 Å². The van der Waals surface area contributed by atoms with Crippen LogP contribution in [-0.2, 0) is 10.3 Å². The molecule has 0 saturated heterocycles. The van der Waals surface area contributed by atoms with Crippen molar-refractivity contribution in [3.63, 3.8) is 0 Å². The Morgan fingerprint density at radius 2 is 2.17 bits per heavy atom. The van der Waals surface area contributed by atoms with Gasteiger partial charge in [0.25, 0.3) is 0 Å². The average molecular weight is 181 g/mol. The van der Waals surface area contributed by atoms with E-state index in [0.717, 1.165) is 4.88 Å². The van der Waals surface area contributed by atoms with Gasteiger partial charge in [0, 0.05) is 9.75 Å². The SMILES string of the molecule is Cc1ccc(C(C)(C)N=C=O)s1. The van der Waals surface area contributed by atoms with Gasteiger partial charge in [-0.1, -0.05) is 0 Å². The summed E-state index contributed by atoms with van der Waals surface area (Å²) in [6, 6.07) is 4.03. The molecule has 1 aromatic heterocycles. The normalized spacial score (nSPS) is 10.9. The van der Waals surface area contributed by atoms with E-state index < -0.39 is 5.54 Å². The van der Waals surface area contributed by atoms with Crippen molar-refractivity contribution in [3.05, 3.63) is 21.9 Å². The molecule has 12 heavy (non-hydrogen) atoms. The van der Waals surface area contributed by atoms with Crippen molar-refractivity contribution in [2.24, 2.45) is 4.99 Å². The fourth-order valence-electron chi connectivity index (χ4n) is 0.933. The maximum Gasteiger partial charge on any atom is 0.235 e. The van der Waals surface area contributed by atoms with E-state index in [1.54, 1.807) is 17.4 Å². The molecule has 0 aromatic carbocycles. The van der Waals surface area contributed by atoms with Crippen LogP contribution in [0.25, 0.3) is 0 Å². The molecule has 0 unspecified atom stereocenters. The summed E-state index contributed by atoms with van der Waals surface area (Å²) in [6.07, 6.45) is 1.60. The van der Waals surface area contributed by atoms with Gasteiger partial charge in [-0.15, -0.1) is 11.3 Å². The Morgan fingerprint density at radius 1 is 1.50 bits per heavy atom. The fourth-order valence-corrected chi connectivity index (χ4v) is 1.85. The third-order valence-corrected chi connectivity index (χ3v) is 2.98. The first-order valence-electron chi connectivity index (χ1n) is 3.72. The number of nitrogens with zero attached hydrogens (tertiary/aromatic N) is 1. The highest BCUT2D eigenvalue weighted by Gasteiger charge is 2.20. The Bertz CT molecular complexity index is 321. The Balaban J connectivity index is 3.04. The van der Waals surface area contributed by atoms with Crippen LogP contribution in [0.2, 0.25) is 0 Å². The van der Waals surface area contributed by atoms with Crippen molar-refractivity contribution in [2.45, 2.75) is 26.3 Å². The van der Waals surface area contributed by atoms with E-state index in [1.165, 1.54) is 4.88 Å². The van der Waals surface area contributed by atoms with E-state index >= 15 is 0 Å². The van der Waals surface area contributed by atoms with Gasteiger partial charge in [-0.25, -0.2) is 4.79 Å². The molecule has 0 atom stereocenters. The standard InChI is InChI=1S/C9H11NOS/c1-7-4-5-8(12-7)9(2,3)10-6-11/h4-5H,1-3H3. The number of carbonyl (C=O) groups excluding carboxylic acids is 1. The van der Waals surface area contributed by atoms with Gasteiger partial charge in [-0.2, -0.15) is 4.99 Å². The lowest BCUT2D eigenvalue weighted by molar-refractivity contribution is 0.528. The molecule has 0 N–H and O–H groups in total. The minimum Gasteiger partial charge on any atom is -0.211 e. The lowest BCUT2D eigenvalue weighted by Gasteiger charge is -2.14. The van der Waals surface area contributed by atoms with Gasteiger partial charge in [-0.05, 0) is 32.9 Å². The zero-order valence-corrected chi connectivity index (χ0v) is 8.23. The van der Waals surface area contributed by atoms with Crippen molar-refractivity contribution < 1.29 is 4.79 Å². The summed E-state index contributed by atoms with van der Waals surface area (Å²) in [5.74, 6) is 0. The minimum absolute atomic E-state index is 0.416. The Kier molecular flexibility index (Phi) is 2.46. The van der Waals surface area contributed by atoms with E-state index in [0.29, 0.717) is 0 Å². The summed E-state index contributed by atoms with van der Waals surface area (Å²) >= 11 is 1.66. The van der Waals surface area contributed by atoms with Crippen LogP contribution in [0.15, 0.2) is 17.1 Å². The molecular weight excluding hydrogens is 170 g/mol. The maximum absolute atomic E-state index is 10.1.